The fraction of sp³-hybridized carbons (Fsp3) is 0.286. The highest BCUT2D eigenvalue weighted by atomic mass is 32.1. The Kier molecular flexibility index (Phi) is 4.70. The number of carbonyl (C=O) groups is 1. The van der Waals surface area contributed by atoms with Gasteiger partial charge in [-0.25, -0.2) is 4.98 Å². The molecule has 1 amide bonds. The van der Waals surface area contributed by atoms with E-state index in [2.05, 4.69) is 10.3 Å². The molecule has 0 fully saturated rings. The van der Waals surface area contributed by atoms with Crippen LogP contribution in [0.1, 0.15) is 15.4 Å². The van der Waals surface area contributed by atoms with Crippen LogP contribution in [-0.2, 0) is 17.8 Å². The summed E-state index contributed by atoms with van der Waals surface area (Å²) in [5.74, 6) is -0.00293. The zero-order valence-electron chi connectivity index (χ0n) is 11.2. The number of aryl methyl sites for hydroxylation is 1. The lowest BCUT2D eigenvalue weighted by Gasteiger charge is -2.11. The van der Waals surface area contributed by atoms with Crippen LogP contribution in [0.2, 0.25) is 0 Å². The maximum absolute atomic E-state index is 11.9. The number of amides is 1. The Balaban J connectivity index is 1.84. The second-order valence-electron chi connectivity index (χ2n) is 4.56. The molecular formula is C14H17N3O2S. The number of aromatic nitrogens is 1. The summed E-state index contributed by atoms with van der Waals surface area (Å²) in [6, 6.07) is 6.07. The summed E-state index contributed by atoms with van der Waals surface area (Å²) < 4.78 is 0. The molecule has 1 heterocycles. The van der Waals surface area contributed by atoms with Crippen molar-refractivity contribution in [2.75, 3.05) is 0 Å². The lowest BCUT2D eigenvalue weighted by Crippen LogP contribution is -2.41. The van der Waals surface area contributed by atoms with Crippen LogP contribution in [0.4, 0.5) is 0 Å². The molecule has 4 N–H and O–H groups in total. The van der Waals surface area contributed by atoms with E-state index >= 15 is 0 Å². The van der Waals surface area contributed by atoms with Crippen LogP contribution in [-0.4, -0.2) is 22.0 Å². The molecule has 5 nitrogen and oxygen atoms in total. The molecule has 2 aromatic rings. The van der Waals surface area contributed by atoms with Crippen LogP contribution in [0.5, 0.6) is 5.75 Å². The molecule has 6 heteroatoms. The summed E-state index contributed by atoms with van der Waals surface area (Å²) in [5.41, 5.74) is 6.78. The Hall–Kier alpha value is -1.92. The second kappa shape index (κ2) is 6.49. The van der Waals surface area contributed by atoms with Gasteiger partial charge in [0, 0.05) is 11.1 Å². The van der Waals surface area contributed by atoms with Crippen LogP contribution < -0.4 is 11.1 Å². The molecular weight excluding hydrogens is 274 g/mol. The number of hydrogen-bond acceptors (Lipinski definition) is 5. The number of aromatic hydroxyl groups is 1. The van der Waals surface area contributed by atoms with Crippen molar-refractivity contribution in [2.45, 2.75) is 25.9 Å². The van der Waals surface area contributed by atoms with Gasteiger partial charge in [-0.15, -0.1) is 11.3 Å². The summed E-state index contributed by atoms with van der Waals surface area (Å²) >= 11 is 1.55. The molecule has 0 aliphatic heterocycles. The van der Waals surface area contributed by atoms with E-state index in [1.165, 1.54) is 0 Å². The van der Waals surface area contributed by atoms with E-state index in [-0.39, 0.29) is 11.7 Å². The third kappa shape index (κ3) is 4.04. The van der Waals surface area contributed by atoms with Crippen molar-refractivity contribution in [3.05, 3.63) is 45.9 Å². The van der Waals surface area contributed by atoms with Crippen LogP contribution in [0, 0.1) is 6.92 Å². The van der Waals surface area contributed by atoms with Crippen molar-refractivity contribution < 1.29 is 9.90 Å². The Morgan fingerprint density at radius 2 is 2.15 bits per heavy atom. The Bertz CT molecular complexity index is 580. The van der Waals surface area contributed by atoms with Crippen LogP contribution in [0.3, 0.4) is 0 Å². The van der Waals surface area contributed by atoms with E-state index in [9.17, 15) is 9.90 Å². The fourth-order valence-corrected chi connectivity index (χ4v) is 2.48. The number of nitrogens with zero attached hydrogens (tertiary/aromatic N) is 1. The van der Waals surface area contributed by atoms with Gasteiger partial charge in [-0.3, -0.25) is 4.79 Å². The monoisotopic (exact) mass is 291 g/mol. The van der Waals surface area contributed by atoms with Crippen LogP contribution >= 0.6 is 11.3 Å². The molecule has 1 aromatic carbocycles. The van der Waals surface area contributed by atoms with Gasteiger partial charge < -0.3 is 16.2 Å². The van der Waals surface area contributed by atoms with Crippen molar-refractivity contribution in [3.63, 3.8) is 0 Å². The first-order valence-electron chi connectivity index (χ1n) is 6.27. The molecule has 1 aromatic heterocycles. The lowest BCUT2D eigenvalue weighted by atomic mass is 10.1. The van der Waals surface area contributed by atoms with E-state index in [1.807, 2.05) is 6.92 Å². The Morgan fingerprint density at radius 1 is 1.45 bits per heavy atom. The number of thiazole rings is 1. The van der Waals surface area contributed by atoms with Gasteiger partial charge in [0.05, 0.1) is 12.6 Å². The molecule has 20 heavy (non-hydrogen) atoms. The zero-order valence-corrected chi connectivity index (χ0v) is 12.0. The number of carbonyl (C=O) groups excluding carboxylic acids is 1. The van der Waals surface area contributed by atoms with Gasteiger partial charge in [0.25, 0.3) is 0 Å². The standard InChI is InChI=1S/C14H17N3O2S/c1-9-7-16-13(20-9)8-17-14(19)12(15)6-10-2-4-11(18)5-3-10/h2-5,7,12,18H,6,8,15H2,1H3,(H,17,19). The minimum Gasteiger partial charge on any atom is -0.508 e. The lowest BCUT2D eigenvalue weighted by molar-refractivity contribution is -0.122. The highest BCUT2D eigenvalue weighted by Gasteiger charge is 2.14. The average Bonchev–Trinajstić information content (AvgIpc) is 2.84. The molecule has 0 aliphatic carbocycles. The molecule has 0 radical (unpaired) electrons. The van der Waals surface area contributed by atoms with E-state index in [4.69, 9.17) is 5.73 Å². The third-order valence-electron chi connectivity index (χ3n) is 2.81. The van der Waals surface area contributed by atoms with Gasteiger partial charge in [0.2, 0.25) is 5.91 Å². The third-order valence-corrected chi connectivity index (χ3v) is 3.72. The van der Waals surface area contributed by atoms with Gasteiger partial charge in [-0.2, -0.15) is 0 Å². The number of phenolic OH excluding ortho intramolecular Hbond substituents is 1. The van der Waals surface area contributed by atoms with Gasteiger partial charge in [-0.1, -0.05) is 12.1 Å². The molecule has 0 bridgehead atoms. The van der Waals surface area contributed by atoms with E-state index in [0.29, 0.717) is 13.0 Å². The number of phenols is 1. The largest absolute Gasteiger partial charge is 0.508 e. The van der Waals surface area contributed by atoms with E-state index in [0.717, 1.165) is 15.4 Å². The molecule has 106 valence electrons. The van der Waals surface area contributed by atoms with Crippen molar-refractivity contribution in [1.29, 1.82) is 0 Å². The molecule has 0 aliphatic rings. The second-order valence-corrected chi connectivity index (χ2v) is 5.88. The normalized spacial score (nSPS) is 12.1. The van der Waals surface area contributed by atoms with E-state index in [1.54, 1.807) is 41.8 Å². The number of hydrogen-bond donors (Lipinski definition) is 3. The predicted octanol–water partition coefficient (Wildman–Crippen LogP) is 1.34. The highest BCUT2D eigenvalue weighted by Crippen LogP contribution is 2.12. The topological polar surface area (TPSA) is 88.2 Å². The molecule has 2 rings (SSSR count). The number of nitrogens with two attached hydrogens (primary N) is 1. The van der Waals surface area contributed by atoms with Gasteiger partial charge in [0.15, 0.2) is 0 Å². The first-order chi connectivity index (χ1) is 9.54. The maximum Gasteiger partial charge on any atom is 0.237 e. The molecule has 0 saturated carbocycles. The first-order valence-corrected chi connectivity index (χ1v) is 7.09. The summed E-state index contributed by atoms with van der Waals surface area (Å²) in [7, 11) is 0. The number of nitrogens with one attached hydrogen (secondary N) is 1. The summed E-state index contributed by atoms with van der Waals surface area (Å²) in [6.07, 6.45) is 2.21. The maximum atomic E-state index is 11.9. The van der Waals surface area contributed by atoms with Crippen molar-refractivity contribution >= 4 is 17.2 Å². The van der Waals surface area contributed by atoms with Crippen LogP contribution in [0.25, 0.3) is 0 Å². The highest BCUT2D eigenvalue weighted by molar-refractivity contribution is 7.11. The average molecular weight is 291 g/mol. The van der Waals surface area contributed by atoms with Crippen molar-refractivity contribution in [3.8, 4) is 5.75 Å². The minimum absolute atomic E-state index is 0.200. The van der Waals surface area contributed by atoms with Crippen molar-refractivity contribution in [1.82, 2.24) is 10.3 Å². The number of rotatable bonds is 5. The quantitative estimate of drug-likeness (QED) is 0.775. The first kappa shape index (κ1) is 14.5. The van der Waals surface area contributed by atoms with Gasteiger partial charge >= 0.3 is 0 Å². The minimum atomic E-state index is -0.611. The van der Waals surface area contributed by atoms with Crippen LogP contribution in [0.15, 0.2) is 30.5 Å². The molecule has 1 unspecified atom stereocenters. The van der Waals surface area contributed by atoms with Gasteiger partial charge in [0.1, 0.15) is 10.8 Å². The van der Waals surface area contributed by atoms with Gasteiger partial charge in [-0.05, 0) is 31.0 Å². The van der Waals surface area contributed by atoms with Crippen molar-refractivity contribution in [2.24, 2.45) is 5.73 Å². The Morgan fingerprint density at radius 3 is 2.75 bits per heavy atom. The fourth-order valence-electron chi connectivity index (χ4n) is 1.76. The SMILES string of the molecule is Cc1cnc(CNC(=O)C(N)Cc2ccc(O)cc2)s1. The summed E-state index contributed by atoms with van der Waals surface area (Å²) in [6.45, 7) is 2.38. The summed E-state index contributed by atoms with van der Waals surface area (Å²) in [5, 5.41) is 12.8. The predicted molar refractivity (Wildman–Crippen MR) is 78.5 cm³/mol. The zero-order chi connectivity index (χ0) is 14.5. The smallest absolute Gasteiger partial charge is 0.237 e. The number of benzene rings is 1. The molecule has 1 atom stereocenters. The Labute approximate surface area is 121 Å². The summed E-state index contributed by atoms with van der Waals surface area (Å²) in [4.78, 5) is 17.2. The molecule has 0 spiro atoms. The molecule has 0 saturated heterocycles. The van der Waals surface area contributed by atoms with E-state index < -0.39 is 6.04 Å².